The lowest BCUT2D eigenvalue weighted by atomic mass is 10.1. The Morgan fingerprint density at radius 2 is 2.23 bits per heavy atom. The molecule has 2 aromatic heterocycles. The topological polar surface area (TPSA) is 72.0 Å². The van der Waals surface area contributed by atoms with E-state index in [1.165, 1.54) is 10.4 Å². The molecule has 7 heteroatoms. The minimum absolute atomic E-state index is 0.706. The number of methoxy groups -OCH3 is 1. The van der Waals surface area contributed by atoms with Crippen molar-refractivity contribution in [2.45, 2.75) is 26.4 Å². The summed E-state index contributed by atoms with van der Waals surface area (Å²) in [5.41, 5.74) is 3.40. The number of nitrogens with zero attached hydrogens (tertiary/aromatic N) is 3. The zero-order chi connectivity index (χ0) is 17.9. The van der Waals surface area contributed by atoms with Crippen molar-refractivity contribution in [1.29, 1.82) is 0 Å². The van der Waals surface area contributed by atoms with Crippen LogP contribution in [0.5, 0.6) is 5.75 Å². The Morgan fingerprint density at radius 3 is 3.12 bits per heavy atom. The van der Waals surface area contributed by atoms with Gasteiger partial charge in [0.1, 0.15) is 22.4 Å². The van der Waals surface area contributed by atoms with E-state index in [1.807, 2.05) is 31.3 Å². The molecule has 3 aromatic rings. The number of anilines is 1. The molecule has 0 spiro atoms. The Bertz CT molecular complexity index is 924. The lowest BCUT2D eigenvalue weighted by Gasteiger charge is -2.19. The van der Waals surface area contributed by atoms with Crippen LogP contribution in [-0.2, 0) is 19.5 Å². The fraction of sp³-hybridized carbons (Fsp3) is 0.316. The van der Waals surface area contributed by atoms with Gasteiger partial charge in [-0.3, -0.25) is 0 Å². The van der Waals surface area contributed by atoms with Gasteiger partial charge < -0.3 is 15.4 Å². The molecule has 0 unspecified atom stereocenters. The highest BCUT2D eigenvalue weighted by Crippen LogP contribution is 2.28. The molecule has 6 nitrogen and oxygen atoms in total. The largest absolute Gasteiger partial charge is 0.497 e. The van der Waals surface area contributed by atoms with Crippen molar-refractivity contribution >= 4 is 17.2 Å². The quantitative estimate of drug-likeness (QED) is 0.722. The number of nitrogens with one attached hydrogen (secondary N) is 2. The van der Waals surface area contributed by atoms with Crippen LogP contribution in [0.2, 0.25) is 0 Å². The third-order valence-corrected chi connectivity index (χ3v) is 5.40. The molecule has 0 bridgehead atoms. The van der Waals surface area contributed by atoms with Crippen LogP contribution in [0.15, 0.2) is 30.5 Å². The van der Waals surface area contributed by atoms with Crippen LogP contribution < -0.4 is 15.4 Å². The maximum absolute atomic E-state index is 5.30. The summed E-state index contributed by atoms with van der Waals surface area (Å²) in [6, 6.07) is 7.98. The highest BCUT2D eigenvalue weighted by atomic mass is 32.1. The summed E-state index contributed by atoms with van der Waals surface area (Å²) in [6.07, 6.45) is 2.88. The van der Waals surface area contributed by atoms with Crippen LogP contribution in [0, 0.1) is 6.92 Å². The van der Waals surface area contributed by atoms with E-state index in [-0.39, 0.29) is 0 Å². The van der Waals surface area contributed by atoms with E-state index in [9.17, 15) is 0 Å². The Kier molecular flexibility index (Phi) is 4.81. The second-order valence-corrected chi connectivity index (χ2v) is 7.30. The van der Waals surface area contributed by atoms with Gasteiger partial charge in [-0.25, -0.2) is 15.0 Å². The summed E-state index contributed by atoms with van der Waals surface area (Å²) in [5.74, 6) is 2.59. The Morgan fingerprint density at radius 1 is 1.31 bits per heavy atom. The predicted octanol–water partition coefficient (Wildman–Crippen LogP) is 3.17. The summed E-state index contributed by atoms with van der Waals surface area (Å²) in [5, 5.41) is 7.84. The van der Waals surface area contributed by atoms with Gasteiger partial charge in [0.25, 0.3) is 0 Å². The van der Waals surface area contributed by atoms with Gasteiger partial charge in [-0.05, 0) is 32.0 Å². The molecule has 134 valence electrons. The van der Waals surface area contributed by atoms with Crippen LogP contribution >= 0.6 is 11.3 Å². The standard InChI is InChI=1S/C19H21N5OS/c1-12-23-17-11-20-7-6-16(17)18(24-12)21-9-15-10-22-19(26-15)13-4-3-5-14(8-13)25-2/h3-5,8,10,20H,6-7,9,11H2,1-2H3,(H,21,23,24). The van der Waals surface area contributed by atoms with Crippen molar-refractivity contribution in [1.82, 2.24) is 20.3 Å². The van der Waals surface area contributed by atoms with Crippen molar-refractivity contribution in [3.63, 3.8) is 0 Å². The Hall–Kier alpha value is -2.51. The van der Waals surface area contributed by atoms with Gasteiger partial charge in [-0.15, -0.1) is 11.3 Å². The smallest absolute Gasteiger partial charge is 0.133 e. The molecular weight excluding hydrogens is 346 g/mol. The third-order valence-electron chi connectivity index (χ3n) is 4.35. The van der Waals surface area contributed by atoms with Crippen molar-refractivity contribution in [2.24, 2.45) is 0 Å². The number of aryl methyl sites for hydroxylation is 1. The maximum Gasteiger partial charge on any atom is 0.133 e. The van der Waals surface area contributed by atoms with Gasteiger partial charge in [0, 0.05) is 28.7 Å². The average molecular weight is 367 g/mol. The SMILES string of the molecule is COc1cccc(-c2ncc(CNc3nc(C)nc4c3CCNC4)s2)c1. The van der Waals surface area contributed by atoms with E-state index in [0.717, 1.165) is 53.2 Å². The number of rotatable bonds is 5. The molecule has 0 saturated carbocycles. The predicted molar refractivity (Wildman–Crippen MR) is 104 cm³/mol. The summed E-state index contributed by atoms with van der Waals surface area (Å²) in [4.78, 5) is 14.9. The first-order valence-electron chi connectivity index (χ1n) is 8.63. The first kappa shape index (κ1) is 16.9. The van der Waals surface area contributed by atoms with Gasteiger partial charge in [-0.2, -0.15) is 0 Å². The number of aromatic nitrogens is 3. The second kappa shape index (κ2) is 7.39. The van der Waals surface area contributed by atoms with Crippen molar-refractivity contribution < 1.29 is 4.74 Å². The Labute approximate surface area is 156 Å². The van der Waals surface area contributed by atoms with Crippen LogP contribution in [0.3, 0.4) is 0 Å². The zero-order valence-electron chi connectivity index (χ0n) is 14.9. The van der Waals surface area contributed by atoms with Gasteiger partial charge >= 0.3 is 0 Å². The molecule has 1 aliphatic rings. The molecule has 0 aliphatic carbocycles. The highest BCUT2D eigenvalue weighted by molar-refractivity contribution is 7.15. The number of thiazole rings is 1. The lowest BCUT2D eigenvalue weighted by molar-refractivity contribution is 0.415. The van der Waals surface area contributed by atoms with Gasteiger partial charge in [-0.1, -0.05) is 12.1 Å². The zero-order valence-corrected chi connectivity index (χ0v) is 15.7. The van der Waals surface area contributed by atoms with Crippen molar-refractivity contribution in [3.05, 3.63) is 52.4 Å². The summed E-state index contributed by atoms with van der Waals surface area (Å²) in [7, 11) is 1.68. The molecule has 4 rings (SSSR count). The normalized spacial score (nSPS) is 13.3. The molecule has 0 atom stereocenters. The average Bonchev–Trinajstić information content (AvgIpc) is 3.15. The van der Waals surface area contributed by atoms with E-state index in [4.69, 9.17) is 4.74 Å². The van der Waals surface area contributed by atoms with Crippen LogP contribution in [0.1, 0.15) is 22.0 Å². The van der Waals surface area contributed by atoms with Crippen LogP contribution in [-0.4, -0.2) is 28.6 Å². The molecule has 3 heterocycles. The molecule has 0 amide bonds. The molecule has 2 N–H and O–H groups in total. The number of fused-ring (bicyclic) bond motifs is 1. The minimum Gasteiger partial charge on any atom is -0.497 e. The molecule has 0 radical (unpaired) electrons. The van der Waals surface area contributed by atoms with Crippen molar-refractivity contribution in [2.75, 3.05) is 19.0 Å². The van der Waals surface area contributed by atoms with Gasteiger partial charge in [0.15, 0.2) is 0 Å². The summed E-state index contributed by atoms with van der Waals surface area (Å²) < 4.78 is 5.30. The molecule has 26 heavy (non-hydrogen) atoms. The fourth-order valence-corrected chi connectivity index (χ4v) is 3.93. The van der Waals surface area contributed by atoms with Crippen LogP contribution in [0.25, 0.3) is 10.6 Å². The first-order valence-corrected chi connectivity index (χ1v) is 9.44. The number of ether oxygens (including phenoxy) is 1. The number of benzene rings is 1. The van der Waals surface area contributed by atoms with Crippen LogP contribution in [0.4, 0.5) is 5.82 Å². The molecule has 0 saturated heterocycles. The van der Waals surface area contributed by atoms with E-state index in [1.54, 1.807) is 18.4 Å². The monoisotopic (exact) mass is 367 g/mol. The van der Waals surface area contributed by atoms with E-state index >= 15 is 0 Å². The maximum atomic E-state index is 5.30. The molecule has 0 fully saturated rings. The first-order chi connectivity index (χ1) is 12.7. The van der Waals surface area contributed by atoms with Gasteiger partial charge in [0.05, 0.1) is 19.3 Å². The Balaban J connectivity index is 1.51. The number of hydrogen-bond donors (Lipinski definition) is 2. The molecule has 1 aliphatic heterocycles. The molecule has 1 aromatic carbocycles. The minimum atomic E-state index is 0.706. The number of hydrogen-bond acceptors (Lipinski definition) is 7. The fourth-order valence-electron chi connectivity index (χ4n) is 3.08. The summed E-state index contributed by atoms with van der Waals surface area (Å²) >= 11 is 1.68. The lowest BCUT2D eigenvalue weighted by Crippen LogP contribution is -2.26. The summed E-state index contributed by atoms with van der Waals surface area (Å²) in [6.45, 7) is 4.42. The van der Waals surface area contributed by atoms with E-state index in [0.29, 0.717) is 6.54 Å². The van der Waals surface area contributed by atoms with Gasteiger partial charge in [0.2, 0.25) is 0 Å². The van der Waals surface area contributed by atoms with Crippen molar-refractivity contribution in [3.8, 4) is 16.3 Å². The van der Waals surface area contributed by atoms with E-state index in [2.05, 4.69) is 31.7 Å². The van der Waals surface area contributed by atoms with E-state index < -0.39 is 0 Å². The second-order valence-electron chi connectivity index (χ2n) is 6.19. The highest BCUT2D eigenvalue weighted by Gasteiger charge is 2.16. The molecular formula is C19H21N5OS. The third kappa shape index (κ3) is 3.54.